The van der Waals surface area contributed by atoms with Gasteiger partial charge in [0.15, 0.2) is 0 Å². The first-order valence-electron chi connectivity index (χ1n) is 6.65. The van der Waals surface area contributed by atoms with E-state index in [9.17, 15) is 0 Å². The molecule has 1 aromatic heterocycles. The van der Waals surface area contributed by atoms with Crippen molar-refractivity contribution in [3.63, 3.8) is 0 Å². The molecule has 1 aliphatic rings. The molecule has 0 spiro atoms. The highest BCUT2D eigenvalue weighted by Gasteiger charge is 2.23. The van der Waals surface area contributed by atoms with Crippen LogP contribution in [0.2, 0.25) is 0 Å². The van der Waals surface area contributed by atoms with Gasteiger partial charge in [-0.2, -0.15) is 5.10 Å². The zero-order valence-electron chi connectivity index (χ0n) is 11.1. The van der Waals surface area contributed by atoms with E-state index in [1.54, 1.807) is 0 Å². The van der Waals surface area contributed by atoms with Crippen molar-refractivity contribution in [2.75, 3.05) is 6.61 Å². The summed E-state index contributed by atoms with van der Waals surface area (Å²) in [6.45, 7) is 9.13. The molecule has 2 rings (SSSR count). The maximum absolute atomic E-state index is 5.55. The van der Waals surface area contributed by atoms with Crippen molar-refractivity contribution >= 4 is 0 Å². The second-order valence-corrected chi connectivity index (χ2v) is 4.65. The van der Waals surface area contributed by atoms with Crippen LogP contribution in [0.3, 0.4) is 0 Å². The average Bonchev–Trinajstić information content (AvgIpc) is 2.92. The Morgan fingerprint density at radius 3 is 2.94 bits per heavy atom. The molecule has 2 atom stereocenters. The van der Waals surface area contributed by atoms with Crippen molar-refractivity contribution < 1.29 is 4.74 Å². The summed E-state index contributed by atoms with van der Waals surface area (Å²) in [6.07, 6.45) is 2.45. The van der Waals surface area contributed by atoms with Gasteiger partial charge in [0.1, 0.15) is 0 Å². The van der Waals surface area contributed by atoms with E-state index < -0.39 is 0 Å². The minimum Gasteiger partial charge on any atom is -0.377 e. The first kappa shape index (κ1) is 12.6. The fourth-order valence-corrected chi connectivity index (χ4v) is 2.34. The summed E-state index contributed by atoms with van der Waals surface area (Å²) in [5.41, 5.74) is 2.46. The Bertz CT molecular complexity index is 362. The molecule has 1 saturated heterocycles. The minimum atomic E-state index is 0.332. The number of hydrogen-bond acceptors (Lipinski definition) is 3. The summed E-state index contributed by atoms with van der Waals surface area (Å²) in [4.78, 5) is 0. The summed E-state index contributed by atoms with van der Waals surface area (Å²) in [7, 11) is 0. The number of nitrogens with zero attached hydrogens (tertiary/aromatic N) is 2. The maximum Gasteiger partial charge on any atom is 0.0700 e. The largest absolute Gasteiger partial charge is 0.377 e. The molecule has 0 radical (unpaired) electrons. The molecule has 4 nitrogen and oxygen atoms in total. The lowest BCUT2D eigenvalue weighted by Gasteiger charge is -2.16. The van der Waals surface area contributed by atoms with Gasteiger partial charge >= 0.3 is 0 Å². The van der Waals surface area contributed by atoms with E-state index in [4.69, 9.17) is 4.74 Å². The number of hydrogen-bond donors (Lipinski definition) is 1. The van der Waals surface area contributed by atoms with Gasteiger partial charge < -0.3 is 10.1 Å². The molecule has 2 heterocycles. The minimum absolute atomic E-state index is 0.332. The van der Waals surface area contributed by atoms with Gasteiger partial charge in [0.2, 0.25) is 0 Å². The van der Waals surface area contributed by atoms with Gasteiger partial charge in [0.05, 0.1) is 17.5 Å². The van der Waals surface area contributed by atoms with Crippen LogP contribution in [-0.2, 0) is 24.2 Å². The van der Waals surface area contributed by atoms with E-state index in [2.05, 4.69) is 41.9 Å². The number of aromatic nitrogens is 2. The van der Waals surface area contributed by atoms with Gasteiger partial charge in [0, 0.05) is 25.7 Å². The average molecular weight is 237 g/mol. The number of nitrogens with one attached hydrogen (secondary N) is 1. The maximum atomic E-state index is 5.55. The molecule has 0 saturated carbocycles. The molecule has 0 aromatic carbocycles. The van der Waals surface area contributed by atoms with E-state index in [-0.39, 0.29) is 0 Å². The van der Waals surface area contributed by atoms with Gasteiger partial charge in [-0.05, 0) is 32.8 Å². The third kappa shape index (κ3) is 2.87. The van der Waals surface area contributed by atoms with Crippen LogP contribution in [0.4, 0.5) is 0 Å². The molecular formula is C13H23N3O. The van der Waals surface area contributed by atoms with Crippen LogP contribution in [0, 0.1) is 0 Å². The second-order valence-electron chi connectivity index (χ2n) is 4.65. The van der Waals surface area contributed by atoms with Gasteiger partial charge in [-0.25, -0.2) is 0 Å². The lowest BCUT2D eigenvalue weighted by Crippen LogP contribution is -2.34. The van der Waals surface area contributed by atoms with Crippen LogP contribution >= 0.6 is 0 Å². The van der Waals surface area contributed by atoms with Crippen molar-refractivity contribution in [1.82, 2.24) is 15.1 Å². The smallest absolute Gasteiger partial charge is 0.0700 e. The summed E-state index contributed by atoms with van der Waals surface area (Å²) in [6, 6.07) is 2.69. The molecule has 96 valence electrons. The zero-order valence-corrected chi connectivity index (χ0v) is 11.1. The number of rotatable bonds is 5. The summed E-state index contributed by atoms with van der Waals surface area (Å²) in [5, 5.41) is 8.13. The third-order valence-electron chi connectivity index (χ3n) is 3.50. The third-order valence-corrected chi connectivity index (χ3v) is 3.50. The van der Waals surface area contributed by atoms with E-state index in [1.807, 2.05) is 0 Å². The predicted octanol–water partition coefficient (Wildman–Crippen LogP) is 1.73. The summed E-state index contributed by atoms with van der Waals surface area (Å²) < 4.78 is 7.64. The van der Waals surface area contributed by atoms with Crippen molar-refractivity contribution in [1.29, 1.82) is 0 Å². The molecule has 0 amide bonds. The van der Waals surface area contributed by atoms with Crippen molar-refractivity contribution in [2.24, 2.45) is 0 Å². The Kier molecular flexibility index (Phi) is 4.18. The Hall–Kier alpha value is -0.870. The topological polar surface area (TPSA) is 39.1 Å². The van der Waals surface area contributed by atoms with Crippen LogP contribution in [-0.4, -0.2) is 28.5 Å². The van der Waals surface area contributed by atoms with Crippen molar-refractivity contribution in [2.45, 2.75) is 58.8 Å². The quantitative estimate of drug-likeness (QED) is 0.847. The number of ether oxygens (including phenoxy) is 1. The first-order valence-corrected chi connectivity index (χ1v) is 6.65. The first-order chi connectivity index (χ1) is 8.24. The molecule has 1 aromatic rings. The van der Waals surface area contributed by atoms with Gasteiger partial charge in [0.25, 0.3) is 0 Å². The van der Waals surface area contributed by atoms with Gasteiger partial charge in [-0.15, -0.1) is 0 Å². The van der Waals surface area contributed by atoms with Gasteiger partial charge in [-0.1, -0.05) is 6.92 Å². The van der Waals surface area contributed by atoms with Crippen LogP contribution < -0.4 is 5.32 Å². The molecule has 4 heteroatoms. The standard InChI is InChI=1S/C13H23N3O/c1-4-11-8-12(16(5-2)15-11)9-14-13-6-7-17-10(13)3/h8,10,13-14H,4-7,9H2,1-3H3. The fraction of sp³-hybridized carbons (Fsp3) is 0.769. The zero-order chi connectivity index (χ0) is 12.3. The molecular weight excluding hydrogens is 214 g/mol. The van der Waals surface area contributed by atoms with Crippen molar-refractivity contribution in [3.8, 4) is 0 Å². The molecule has 17 heavy (non-hydrogen) atoms. The molecule has 1 fully saturated rings. The lowest BCUT2D eigenvalue weighted by atomic mass is 10.1. The van der Waals surface area contributed by atoms with Gasteiger partial charge in [-0.3, -0.25) is 4.68 Å². The SMILES string of the molecule is CCc1cc(CNC2CCOC2C)n(CC)n1. The van der Waals surface area contributed by atoms with Crippen LogP contribution in [0.1, 0.15) is 38.6 Å². The fourth-order valence-electron chi connectivity index (χ4n) is 2.34. The van der Waals surface area contributed by atoms with E-state index in [1.165, 1.54) is 11.4 Å². The van der Waals surface area contributed by atoms with E-state index in [0.29, 0.717) is 12.1 Å². The highest BCUT2D eigenvalue weighted by molar-refractivity contribution is 5.10. The summed E-state index contributed by atoms with van der Waals surface area (Å²) >= 11 is 0. The normalized spacial score (nSPS) is 24.4. The highest BCUT2D eigenvalue weighted by atomic mass is 16.5. The van der Waals surface area contributed by atoms with Crippen LogP contribution in [0.15, 0.2) is 6.07 Å². The Morgan fingerprint density at radius 2 is 2.35 bits per heavy atom. The van der Waals surface area contributed by atoms with Crippen molar-refractivity contribution in [3.05, 3.63) is 17.5 Å². The Balaban J connectivity index is 1.95. The predicted molar refractivity (Wildman–Crippen MR) is 67.9 cm³/mol. The Morgan fingerprint density at radius 1 is 1.53 bits per heavy atom. The number of aryl methyl sites for hydroxylation is 2. The molecule has 2 unspecified atom stereocenters. The van der Waals surface area contributed by atoms with Crippen LogP contribution in [0.25, 0.3) is 0 Å². The Labute approximate surface area is 103 Å². The summed E-state index contributed by atoms with van der Waals surface area (Å²) in [5.74, 6) is 0. The van der Waals surface area contributed by atoms with E-state index >= 15 is 0 Å². The molecule has 1 aliphatic heterocycles. The molecule has 1 N–H and O–H groups in total. The van der Waals surface area contributed by atoms with E-state index in [0.717, 1.165) is 32.5 Å². The molecule has 0 bridgehead atoms. The lowest BCUT2D eigenvalue weighted by molar-refractivity contribution is 0.113. The van der Waals surface area contributed by atoms with Crippen LogP contribution in [0.5, 0.6) is 0 Å². The molecule has 0 aliphatic carbocycles. The highest BCUT2D eigenvalue weighted by Crippen LogP contribution is 2.14. The second kappa shape index (κ2) is 5.65. The monoisotopic (exact) mass is 237 g/mol.